The molecule has 3 aromatic carbocycles. The summed E-state index contributed by atoms with van der Waals surface area (Å²) in [5, 5.41) is 11.7. The maximum Gasteiger partial charge on any atom is 0.323 e. The fraction of sp³-hybridized carbons (Fsp3) is 0.0370. The number of aryl methyl sites for hydroxylation is 1. The number of amides is 3. The molecule has 1 aromatic heterocycles. The number of nitrogens with one attached hydrogen (secondary N) is 5. The molecule has 1 aliphatic rings. The molecule has 0 bridgehead atoms. The van der Waals surface area contributed by atoms with Crippen LogP contribution >= 0.6 is 0 Å². The summed E-state index contributed by atoms with van der Waals surface area (Å²) >= 11 is 0. The molecule has 1 aliphatic heterocycles. The van der Waals surface area contributed by atoms with Crippen LogP contribution in [0.1, 0.15) is 16.8 Å². The molecule has 3 amide bonds. The second-order valence-electron chi connectivity index (χ2n) is 8.14. The van der Waals surface area contributed by atoms with Gasteiger partial charge in [-0.1, -0.05) is 12.1 Å². The Bertz CT molecular complexity index is 1440. The summed E-state index contributed by atoms with van der Waals surface area (Å²) in [7, 11) is 0. The third kappa shape index (κ3) is 4.91. The Balaban J connectivity index is 1.31. The Kier molecular flexibility index (Phi) is 5.76. The van der Waals surface area contributed by atoms with E-state index in [2.05, 4.69) is 26.3 Å². The van der Waals surface area contributed by atoms with E-state index in [4.69, 9.17) is 0 Å². The van der Waals surface area contributed by atoms with Crippen LogP contribution in [0.2, 0.25) is 0 Å². The number of rotatable bonds is 5. The van der Waals surface area contributed by atoms with E-state index in [-0.39, 0.29) is 11.7 Å². The number of hydrogen-bond donors (Lipinski definition) is 5. The molecule has 0 radical (unpaired) electrons. The van der Waals surface area contributed by atoms with E-state index in [1.165, 1.54) is 24.3 Å². The van der Waals surface area contributed by atoms with E-state index in [0.717, 1.165) is 33.9 Å². The van der Waals surface area contributed by atoms with E-state index in [0.29, 0.717) is 16.9 Å². The summed E-state index contributed by atoms with van der Waals surface area (Å²) in [6, 6.07) is 20.1. The molecule has 0 saturated carbocycles. The van der Waals surface area contributed by atoms with Crippen LogP contribution in [0.3, 0.4) is 0 Å². The van der Waals surface area contributed by atoms with E-state index < -0.39 is 6.03 Å². The first-order chi connectivity index (χ1) is 16.9. The Morgan fingerprint density at radius 2 is 1.66 bits per heavy atom. The molecule has 0 saturated heterocycles. The highest BCUT2D eigenvalue weighted by Gasteiger charge is 2.24. The number of aromatic nitrogens is 1. The fourth-order valence-corrected chi connectivity index (χ4v) is 3.82. The molecular weight excluding hydrogens is 445 g/mol. The zero-order valence-electron chi connectivity index (χ0n) is 18.8. The maximum absolute atomic E-state index is 13.1. The zero-order chi connectivity index (χ0) is 24.4. The van der Waals surface area contributed by atoms with Gasteiger partial charge in [0.05, 0.1) is 11.3 Å². The van der Waals surface area contributed by atoms with Gasteiger partial charge in [-0.25, -0.2) is 9.18 Å². The van der Waals surface area contributed by atoms with Gasteiger partial charge in [0.1, 0.15) is 5.82 Å². The quantitative estimate of drug-likeness (QED) is 0.221. The van der Waals surface area contributed by atoms with E-state index in [1.54, 1.807) is 6.07 Å². The average Bonchev–Trinajstić information content (AvgIpc) is 3.45. The summed E-state index contributed by atoms with van der Waals surface area (Å²) in [6.07, 6.45) is 3.63. The lowest BCUT2D eigenvalue weighted by molar-refractivity contribution is -0.110. The number of aromatic amines is 1. The molecule has 0 spiro atoms. The van der Waals surface area contributed by atoms with Gasteiger partial charge in [-0.05, 0) is 79.2 Å². The molecule has 5 N–H and O–H groups in total. The van der Waals surface area contributed by atoms with Gasteiger partial charge < -0.3 is 26.3 Å². The molecule has 7 nitrogen and oxygen atoms in total. The Hall–Kier alpha value is -4.85. The fourth-order valence-electron chi connectivity index (χ4n) is 3.82. The molecule has 5 rings (SSSR count). The van der Waals surface area contributed by atoms with Crippen LogP contribution in [0.15, 0.2) is 79.0 Å². The third-order valence-electron chi connectivity index (χ3n) is 5.60. The lowest BCUT2D eigenvalue weighted by Gasteiger charge is -2.14. The number of H-pyrrole nitrogens is 1. The van der Waals surface area contributed by atoms with Crippen LogP contribution in [0.4, 0.5) is 37.6 Å². The lowest BCUT2D eigenvalue weighted by atomic mass is 10.1. The number of hydrogen-bond acceptors (Lipinski definition) is 3. The summed E-state index contributed by atoms with van der Waals surface area (Å²) in [4.78, 5) is 27.9. The predicted molar refractivity (Wildman–Crippen MR) is 137 cm³/mol. The minimum atomic E-state index is -0.437. The molecule has 8 heteroatoms. The van der Waals surface area contributed by atoms with Crippen molar-refractivity contribution in [3.63, 3.8) is 0 Å². The molecule has 0 aliphatic carbocycles. The molecule has 0 unspecified atom stereocenters. The van der Waals surface area contributed by atoms with E-state index in [9.17, 15) is 14.0 Å². The van der Waals surface area contributed by atoms with Crippen molar-refractivity contribution < 1.29 is 14.0 Å². The van der Waals surface area contributed by atoms with Crippen molar-refractivity contribution in [2.45, 2.75) is 6.92 Å². The molecule has 0 fully saturated rings. The smallest absolute Gasteiger partial charge is 0.323 e. The van der Waals surface area contributed by atoms with Gasteiger partial charge in [-0.2, -0.15) is 0 Å². The van der Waals surface area contributed by atoms with Gasteiger partial charge in [0, 0.05) is 40.2 Å². The van der Waals surface area contributed by atoms with Crippen molar-refractivity contribution in [1.82, 2.24) is 4.98 Å². The molecule has 4 aromatic rings. The predicted octanol–water partition coefficient (Wildman–Crippen LogP) is 6.34. The van der Waals surface area contributed by atoms with Gasteiger partial charge in [0.2, 0.25) is 0 Å². The molecule has 0 atom stereocenters. The monoisotopic (exact) mass is 467 g/mol. The number of fused-ring (bicyclic) bond motifs is 1. The molecular formula is C27H22FN5O2. The summed E-state index contributed by atoms with van der Waals surface area (Å²) in [6.45, 7) is 1.96. The van der Waals surface area contributed by atoms with E-state index in [1.807, 2.05) is 61.7 Å². The van der Waals surface area contributed by atoms with Gasteiger partial charge >= 0.3 is 6.03 Å². The first-order valence-electron chi connectivity index (χ1n) is 11.0. The molecule has 35 heavy (non-hydrogen) atoms. The highest BCUT2D eigenvalue weighted by molar-refractivity contribution is 6.35. The number of anilines is 5. The average molecular weight is 468 g/mol. The summed E-state index contributed by atoms with van der Waals surface area (Å²) in [5.74, 6) is -0.523. The Labute approximate surface area is 201 Å². The number of carbonyl (C=O) groups excluding carboxylic acids is 2. The highest BCUT2D eigenvalue weighted by atomic mass is 19.1. The van der Waals surface area contributed by atoms with Crippen LogP contribution in [0.5, 0.6) is 0 Å². The highest BCUT2D eigenvalue weighted by Crippen LogP contribution is 2.36. The van der Waals surface area contributed by atoms with Gasteiger partial charge in [-0.3, -0.25) is 4.79 Å². The van der Waals surface area contributed by atoms with Crippen molar-refractivity contribution in [3.8, 4) is 0 Å². The molecule has 174 valence electrons. The lowest BCUT2D eigenvalue weighted by Crippen LogP contribution is -2.19. The van der Waals surface area contributed by atoms with Crippen molar-refractivity contribution in [2.75, 3.05) is 21.3 Å². The second kappa shape index (κ2) is 9.18. The van der Waals surface area contributed by atoms with Gasteiger partial charge in [0.15, 0.2) is 0 Å². The Morgan fingerprint density at radius 3 is 2.43 bits per heavy atom. The van der Waals surface area contributed by atoms with Crippen molar-refractivity contribution in [1.29, 1.82) is 0 Å². The summed E-state index contributed by atoms with van der Waals surface area (Å²) in [5.41, 5.74) is 6.66. The first-order valence-corrected chi connectivity index (χ1v) is 11.0. The minimum Gasteiger partial charge on any atom is -0.362 e. The maximum atomic E-state index is 13.1. The summed E-state index contributed by atoms with van der Waals surface area (Å²) < 4.78 is 13.1. The third-order valence-corrected chi connectivity index (χ3v) is 5.60. The number of benzene rings is 3. The first kappa shape index (κ1) is 22.0. The SMILES string of the molecule is Cc1ccc(NC(=O)Nc2ccc(F)cc2)cc1Nc1ccc2c(c1)NC(=O)/C2=C\c1ccc[nH]1. The van der Waals surface area contributed by atoms with Gasteiger partial charge in [0.25, 0.3) is 5.91 Å². The van der Waals surface area contributed by atoms with Crippen LogP contribution in [0, 0.1) is 12.7 Å². The number of urea groups is 1. The normalized spacial score (nSPS) is 13.3. The Morgan fingerprint density at radius 1 is 0.914 bits per heavy atom. The molecule has 2 heterocycles. The van der Waals surface area contributed by atoms with Crippen LogP contribution in [0.25, 0.3) is 11.6 Å². The van der Waals surface area contributed by atoms with Crippen LogP contribution < -0.4 is 21.3 Å². The zero-order valence-corrected chi connectivity index (χ0v) is 18.8. The van der Waals surface area contributed by atoms with E-state index >= 15 is 0 Å². The minimum absolute atomic E-state index is 0.152. The van der Waals surface area contributed by atoms with Crippen molar-refractivity contribution in [3.05, 3.63) is 102 Å². The standard InChI is InChI=1S/C27H22FN5O2/c1-16-4-7-21(32-27(35)31-18-8-5-17(28)6-9-18)14-24(16)30-20-10-11-22-23(13-19-3-2-12-29-19)26(34)33-25(22)15-20/h2-15,29-30H,1H3,(H,33,34)(H2,31,32,35)/b23-13-. The van der Waals surface area contributed by atoms with Crippen LogP contribution in [-0.2, 0) is 4.79 Å². The number of carbonyl (C=O) groups is 2. The number of halogens is 1. The second-order valence-corrected chi connectivity index (χ2v) is 8.14. The van der Waals surface area contributed by atoms with Crippen LogP contribution in [-0.4, -0.2) is 16.9 Å². The largest absolute Gasteiger partial charge is 0.362 e. The van der Waals surface area contributed by atoms with Crippen molar-refractivity contribution in [2.24, 2.45) is 0 Å². The van der Waals surface area contributed by atoms with Gasteiger partial charge in [-0.15, -0.1) is 0 Å². The van der Waals surface area contributed by atoms with Crippen molar-refractivity contribution >= 4 is 52.0 Å². The topological polar surface area (TPSA) is 98.0 Å².